The van der Waals surface area contributed by atoms with Gasteiger partial charge in [-0.2, -0.15) is 0 Å². The summed E-state index contributed by atoms with van der Waals surface area (Å²) in [5, 5.41) is 0. The van der Waals surface area contributed by atoms with Crippen LogP contribution in [0.4, 0.5) is 0 Å². The molecule has 1 aliphatic rings. The van der Waals surface area contributed by atoms with Crippen LogP contribution >= 0.6 is 0 Å². The second-order valence-electron chi connectivity index (χ2n) is 3.41. The van der Waals surface area contributed by atoms with Crippen LogP contribution in [0.5, 0.6) is 0 Å². The van der Waals surface area contributed by atoms with Crippen molar-refractivity contribution in [2.24, 2.45) is 0 Å². The lowest BCUT2D eigenvalue weighted by Gasteiger charge is -2.24. The fourth-order valence-electron chi connectivity index (χ4n) is 1.56. The smallest absolute Gasteiger partial charge is 0.211 e. The molecular weight excluding hydrogens is 188 g/mol. The fraction of sp³-hybridized carbons (Fsp3) is 1.00. The van der Waals surface area contributed by atoms with E-state index in [2.05, 4.69) is 16.5 Å². The quantitative estimate of drug-likeness (QED) is 0.693. The molecule has 0 saturated carbocycles. The van der Waals surface area contributed by atoms with E-state index in [0.29, 0.717) is 6.54 Å². The number of hydrogen-bond donors (Lipinski definition) is 1. The van der Waals surface area contributed by atoms with Crippen LogP contribution in [0.1, 0.15) is 19.8 Å². The molecule has 0 aromatic rings. The normalized spacial score (nSPS) is 25.0. The van der Waals surface area contributed by atoms with Gasteiger partial charge in [-0.25, -0.2) is 13.1 Å². The SMILES string of the molecule is CCCN1CCCS(=O)(=O)NCC1. The minimum absolute atomic E-state index is 0.271. The van der Waals surface area contributed by atoms with Gasteiger partial charge in [0.1, 0.15) is 0 Å². The van der Waals surface area contributed by atoms with Crippen molar-refractivity contribution < 1.29 is 8.42 Å². The highest BCUT2D eigenvalue weighted by Crippen LogP contribution is 1.99. The zero-order valence-electron chi connectivity index (χ0n) is 8.12. The lowest BCUT2D eigenvalue weighted by atomic mass is 10.3. The van der Waals surface area contributed by atoms with Gasteiger partial charge in [-0.15, -0.1) is 0 Å². The number of nitrogens with zero attached hydrogens (tertiary/aromatic N) is 1. The Labute approximate surface area is 80.4 Å². The summed E-state index contributed by atoms with van der Waals surface area (Å²) in [5.41, 5.74) is 0. The predicted octanol–water partition coefficient (Wildman–Crippen LogP) is 0.0215. The molecule has 0 spiro atoms. The van der Waals surface area contributed by atoms with Crippen molar-refractivity contribution in [3.63, 3.8) is 0 Å². The third-order valence-electron chi connectivity index (χ3n) is 2.18. The second kappa shape index (κ2) is 4.93. The summed E-state index contributed by atoms with van der Waals surface area (Å²) in [4.78, 5) is 2.31. The van der Waals surface area contributed by atoms with Crippen molar-refractivity contribution >= 4 is 10.0 Å². The van der Waals surface area contributed by atoms with Gasteiger partial charge in [0.2, 0.25) is 10.0 Å². The molecule has 1 saturated heterocycles. The van der Waals surface area contributed by atoms with Crippen LogP contribution in [0, 0.1) is 0 Å². The van der Waals surface area contributed by atoms with Gasteiger partial charge in [0.05, 0.1) is 5.75 Å². The predicted molar refractivity (Wildman–Crippen MR) is 53.1 cm³/mol. The van der Waals surface area contributed by atoms with E-state index < -0.39 is 10.0 Å². The Morgan fingerprint density at radius 1 is 1.38 bits per heavy atom. The molecule has 1 fully saturated rings. The van der Waals surface area contributed by atoms with Crippen molar-refractivity contribution in [1.82, 2.24) is 9.62 Å². The van der Waals surface area contributed by atoms with Gasteiger partial charge in [0.15, 0.2) is 0 Å². The standard InChI is InChI=1S/C8H18N2O2S/c1-2-5-10-6-3-8-13(11,12)9-4-7-10/h9H,2-8H2,1H3. The molecule has 0 aromatic heterocycles. The van der Waals surface area contributed by atoms with E-state index in [1.165, 1.54) is 0 Å². The number of hydrogen-bond acceptors (Lipinski definition) is 3. The van der Waals surface area contributed by atoms with E-state index in [9.17, 15) is 8.42 Å². The number of rotatable bonds is 2. The minimum atomic E-state index is -2.96. The average molecular weight is 206 g/mol. The van der Waals surface area contributed by atoms with E-state index in [4.69, 9.17) is 0 Å². The molecule has 0 aromatic carbocycles. The van der Waals surface area contributed by atoms with E-state index in [-0.39, 0.29) is 5.75 Å². The molecule has 0 aliphatic carbocycles. The Hall–Kier alpha value is -0.130. The zero-order valence-corrected chi connectivity index (χ0v) is 8.94. The van der Waals surface area contributed by atoms with Gasteiger partial charge in [0, 0.05) is 13.1 Å². The van der Waals surface area contributed by atoms with Crippen molar-refractivity contribution in [3.8, 4) is 0 Å². The summed E-state index contributed by atoms with van der Waals surface area (Å²) in [5.74, 6) is 0.271. The molecule has 5 heteroatoms. The van der Waals surface area contributed by atoms with Gasteiger partial charge >= 0.3 is 0 Å². The number of sulfonamides is 1. The first-order valence-electron chi connectivity index (χ1n) is 4.84. The molecule has 0 bridgehead atoms. The lowest BCUT2D eigenvalue weighted by Crippen LogP contribution is -2.40. The highest BCUT2D eigenvalue weighted by Gasteiger charge is 2.14. The zero-order chi connectivity index (χ0) is 9.73. The summed E-state index contributed by atoms with van der Waals surface area (Å²) in [6.07, 6.45) is 1.88. The molecular formula is C8H18N2O2S. The van der Waals surface area contributed by atoms with Crippen LogP contribution in [0.15, 0.2) is 0 Å². The fourth-order valence-corrected chi connectivity index (χ4v) is 2.62. The molecule has 0 radical (unpaired) electrons. The third-order valence-corrected chi connectivity index (χ3v) is 3.65. The second-order valence-corrected chi connectivity index (χ2v) is 5.33. The molecule has 1 aliphatic heterocycles. The van der Waals surface area contributed by atoms with Crippen LogP contribution in [0.25, 0.3) is 0 Å². The molecule has 1 rings (SSSR count). The molecule has 0 atom stereocenters. The van der Waals surface area contributed by atoms with Gasteiger partial charge in [-0.3, -0.25) is 0 Å². The van der Waals surface area contributed by atoms with Crippen LogP contribution in [-0.4, -0.2) is 45.2 Å². The third kappa shape index (κ3) is 4.06. The van der Waals surface area contributed by atoms with Crippen LogP contribution in [0.2, 0.25) is 0 Å². The topological polar surface area (TPSA) is 49.4 Å². The van der Waals surface area contributed by atoms with E-state index in [1.54, 1.807) is 0 Å². The molecule has 1 heterocycles. The van der Waals surface area contributed by atoms with Crippen molar-refractivity contribution in [3.05, 3.63) is 0 Å². The van der Waals surface area contributed by atoms with Crippen LogP contribution in [-0.2, 0) is 10.0 Å². The molecule has 13 heavy (non-hydrogen) atoms. The Morgan fingerprint density at radius 2 is 2.15 bits per heavy atom. The Morgan fingerprint density at radius 3 is 2.85 bits per heavy atom. The van der Waals surface area contributed by atoms with Gasteiger partial charge in [-0.05, 0) is 25.9 Å². The van der Waals surface area contributed by atoms with Crippen molar-refractivity contribution in [2.45, 2.75) is 19.8 Å². The maximum atomic E-state index is 11.2. The molecule has 78 valence electrons. The molecule has 0 unspecified atom stereocenters. The Bertz CT molecular complexity index is 223. The van der Waals surface area contributed by atoms with E-state index in [1.807, 2.05) is 0 Å². The van der Waals surface area contributed by atoms with Crippen molar-refractivity contribution in [1.29, 1.82) is 0 Å². The van der Waals surface area contributed by atoms with Crippen molar-refractivity contribution in [2.75, 3.05) is 31.9 Å². The monoisotopic (exact) mass is 206 g/mol. The van der Waals surface area contributed by atoms with Gasteiger partial charge < -0.3 is 4.90 Å². The first-order valence-corrected chi connectivity index (χ1v) is 6.49. The molecule has 0 amide bonds. The lowest BCUT2D eigenvalue weighted by molar-refractivity contribution is 0.275. The van der Waals surface area contributed by atoms with Crippen LogP contribution < -0.4 is 4.72 Å². The summed E-state index contributed by atoms with van der Waals surface area (Å²) in [6, 6.07) is 0. The van der Waals surface area contributed by atoms with Crippen LogP contribution in [0.3, 0.4) is 0 Å². The summed E-state index contributed by atoms with van der Waals surface area (Å²) < 4.78 is 24.9. The molecule has 4 nitrogen and oxygen atoms in total. The summed E-state index contributed by atoms with van der Waals surface area (Å²) >= 11 is 0. The maximum Gasteiger partial charge on any atom is 0.211 e. The Balaban J connectivity index is 2.39. The summed E-state index contributed by atoms with van der Waals surface area (Å²) in [7, 11) is -2.96. The summed E-state index contributed by atoms with van der Waals surface area (Å²) in [6.45, 7) is 5.52. The van der Waals surface area contributed by atoms with E-state index in [0.717, 1.165) is 32.5 Å². The Kier molecular flexibility index (Phi) is 4.15. The largest absolute Gasteiger partial charge is 0.302 e. The molecule has 1 N–H and O–H groups in total. The van der Waals surface area contributed by atoms with Gasteiger partial charge in [-0.1, -0.05) is 6.92 Å². The maximum absolute atomic E-state index is 11.2. The average Bonchev–Trinajstić information content (AvgIpc) is 2.01. The highest BCUT2D eigenvalue weighted by atomic mass is 32.2. The first-order chi connectivity index (χ1) is 6.14. The highest BCUT2D eigenvalue weighted by molar-refractivity contribution is 7.89. The van der Waals surface area contributed by atoms with Gasteiger partial charge in [0.25, 0.3) is 0 Å². The number of nitrogens with one attached hydrogen (secondary N) is 1. The first kappa shape index (κ1) is 10.9. The van der Waals surface area contributed by atoms with E-state index >= 15 is 0 Å². The minimum Gasteiger partial charge on any atom is -0.302 e.